The molecule has 0 saturated carbocycles. The molecular weight excluding hydrogens is 447 g/mol. The summed E-state index contributed by atoms with van der Waals surface area (Å²) in [6.07, 6.45) is 1.05. The Labute approximate surface area is 196 Å². The number of aromatic nitrogens is 1. The van der Waals surface area contributed by atoms with Crippen molar-refractivity contribution in [3.05, 3.63) is 76.3 Å². The van der Waals surface area contributed by atoms with Crippen LogP contribution >= 0.6 is 23.2 Å². The first kappa shape index (κ1) is 22.2. The van der Waals surface area contributed by atoms with Crippen LogP contribution in [-0.2, 0) is 4.79 Å². The molecule has 164 valence electrons. The first-order valence-corrected chi connectivity index (χ1v) is 11.1. The first-order valence-electron chi connectivity index (χ1n) is 10.3. The fraction of sp³-hybridized carbons (Fsp3) is 0.200. The Morgan fingerprint density at radius 1 is 1.09 bits per heavy atom. The van der Waals surface area contributed by atoms with Gasteiger partial charge in [-0.05, 0) is 72.5 Å². The average Bonchev–Trinajstić information content (AvgIpc) is 3.23. The van der Waals surface area contributed by atoms with Crippen molar-refractivity contribution in [2.75, 3.05) is 11.9 Å². The fourth-order valence-corrected chi connectivity index (χ4v) is 3.52. The van der Waals surface area contributed by atoms with Crippen LogP contribution in [0.4, 0.5) is 5.69 Å². The highest BCUT2D eigenvalue weighted by atomic mass is 35.5. The van der Waals surface area contributed by atoms with Gasteiger partial charge < -0.3 is 14.5 Å². The van der Waals surface area contributed by atoms with E-state index in [9.17, 15) is 4.79 Å². The van der Waals surface area contributed by atoms with E-state index in [0.717, 1.165) is 11.9 Å². The molecular formula is C25H22Cl2N2O3. The monoisotopic (exact) mass is 468 g/mol. The molecule has 1 aromatic heterocycles. The van der Waals surface area contributed by atoms with Crippen molar-refractivity contribution in [1.29, 1.82) is 0 Å². The van der Waals surface area contributed by atoms with E-state index in [1.807, 2.05) is 12.1 Å². The number of oxazole rings is 1. The summed E-state index contributed by atoms with van der Waals surface area (Å²) >= 11 is 12.1. The Bertz CT molecular complexity index is 1250. The van der Waals surface area contributed by atoms with E-state index < -0.39 is 0 Å². The van der Waals surface area contributed by atoms with Crippen LogP contribution in [0.15, 0.2) is 65.1 Å². The average molecular weight is 469 g/mol. The number of carbonyl (C=O) groups excluding carboxylic acids is 1. The molecule has 3 aromatic carbocycles. The minimum atomic E-state index is -0.338. The predicted octanol–water partition coefficient (Wildman–Crippen LogP) is 7.33. The summed E-state index contributed by atoms with van der Waals surface area (Å²) in [6.45, 7) is 4.18. The molecule has 0 fully saturated rings. The van der Waals surface area contributed by atoms with Crippen LogP contribution in [0.25, 0.3) is 22.6 Å². The largest absolute Gasteiger partial charge is 0.484 e. The van der Waals surface area contributed by atoms with Gasteiger partial charge in [-0.1, -0.05) is 43.1 Å². The topological polar surface area (TPSA) is 64.4 Å². The summed E-state index contributed by atoms with van der Waals surface area (Å²) in [5.74, 6) is 1.13. The number of halogens is 2. The molecule has 1 atom stereocenters. The first-order chi connectivity index (χ1) is 15.4. The maximum atomic E-state index is 12.4. The molecule has 5 nitrogen and oxygen atoms in total. The SMILES string of the molecule is CC[C@H](C)c1ccc2oc(-c3ccc(Cl)c(NC(=O)COc4ccc(Cl)cc4)c3)nc2c1. The van der Waals surface area contributed by atoms with Crippen LogP contribution in [0.2, 0.25) is 10.0 Å². The quantitative estimate of drug-likeness (QED) is 0.308. The summed E-state index contributed by atoms with van der Waals surface area (Å²) in [5.41, 5.74) is 3.91. The maximum absolute atomic E-state index is 12.4. The Balaban J connectivity index is 1.50. The van der Waals surface area contributed by atoms with Crippen LogP contribution in [-0.4, -0.2) is 17.5 Å². The molecule has 0 unspecified atom stereocenters. The van der Waals surface area contributed by atoms with Crippen molar-refractivity contribution >= 4 is 45.9 Å². The number of benzene rings is 3. The highest BCUT2D eigenvalue weighted by Gasteiger charge is 2.14. The van der Waals surface area contributed by atoms with Crippen molar-refractivity contribution < 1.29 is 13.9 Å². The predicted molar refractivity (Wildman–Crippen MR) is 129 cm³/mol. The molecule has 1 heterocycles. The van der Waals surface area contributed by atoms with Gasteiger partial charge in [0.25, 0.3) is 5.91 Å². The lowest BCUT2D eigenvalue weighted by Gasteiger charge is -2.10. The Morgan fingerprint density at radius 2 is 1.88 bits per heavy atom. The normalized spacial score (nSPS) is 12.0. The smallest absolute Gasteiger partial charge is 0.262 e. The molecule has 7 heteroatoms. The number of rotatable bonds is 7. The number of nitrogens with one attached hydrogen (secondary N) is 1. The molecule has 0 aliphatic carbocycles. The van der Waals surface area contributed by atoms with E-state index in [-0.39, 0.29) is 12.5 Å². The summed E-state index contributed by atoms with van der Waals surface area (Å²) in [6, 6.07) is 18.1. The minimum absolute atomic E-state index is 0.163. The zero-order valence-electron chi connectivity index (χ0n) is 17.7. The molecule has 4 rings (SSSR count). The highest BCUT2D eigenvalue weighted by Crippen LogP contribution is 2.32. The van der Waals surface area contributed by atoms with Gasteiger partial charge in [-0.3, -0.25) is 4.79 Å². The van der Waals surface area contributed by atoms with Gasteiger partial charge in [0.2, 0.25) is 5.89 Å². The van der Waals surface area contributed by atoms with E-state index >= 15 is 0 Å². The van der Waals surface area contributed by atoms with Gasteiger partial charge in [-0.15, -0.1) is 0 Å². The number of nitrogens with zero attached hydrogens (tertiary/aromatic N) is 1. The van der Waals surface area contributed by atoms with Crippen LogP contribution in [0.5, 0.6) is 5.75 Å². The molecule has 0 bridgehead atoms. The van der Waals surface area contributed by atoms with Crippen molar-refractivity contribution in [2.24, 2.45) is 0 Å². The lowest BCUT2D eigenvalue weighted by Crippen LogP contribution is -2.20. The molecule has 0 radical (unpaired) electrons. The number of carbonyl (C=O) groups is 1. The summed E-state index contributed by atoms with van der Waals surface area (Å²) in [5, 5.41) is 3.78. The third-order valence-electron chi connectivity index (χ3n) is 5.26. The van der Waals surface area contributed by atoms with Crippen molar-refractivity contribution in [3.63, 3.8) is 0 Å². The van der Waals surface area contributed by atoms with Gasteiger partial charge in [0.15, 0.2) is 12.2 Å². The van der Waals surface area contributed by atoms with Gasteiger partial charge in [0.1, 0.15) is 11.3 Å². The zero-order chi connectivity index (χ0) is 22.7. The third kappa shape index (κ3) is 5.06. The van der Waals surface area contributed by atoms with E-state index in [4.69, 9.17) is 32.4 Å². The molecule has 0 aliphatic rings. The second-order valence-corrected chi connectivity index (χ2v) is 8.38. The minimum Gasteiger partial charge on any atom is -0.484 e. The third-order valence-corrected chi connectivity index (χ3v) is 5.85. The van der Waals surface area contributed by atoms with Gasteiger partial charge in [-0.25, -0.2) is 4.98 Å². The van der Waals surface area contributed by atoms with Gasteiger partial charge >= 0.3 is 0 Å². The van der Waals surface area contributed by atoms with E-state index in [1.54, 1.807) is 36.4 Å². The number of anilines is 1. The second kappa shape index (κ2) is 9.63. The summed E-state index contributed by atoms with van der Waals surface area (Å²) < 4.78 is 11.4. The Hall–Kier alpha value is -3.02. The lowest BCUT2D eigenvalue weighted by atomic mass is 9.98. The van der Waals surface area contributed by atoms with E-state index in [2.05, 4.69) is 36.3 Å². The standard InChI is InChI=1S/C25H22Cl2N2O3/c1-3-15(2)16-5-11-23-22(12-16)29-25(32-23)17-4-10-20(27)21(13-17)28-24(30)14-31-19-8-6-18(26)7-9-19/h4-13,15H,3,14H2,1-2H3,(H,28,30)/t15-/m0/s1. The molecule has 4 aromatic rings. The maximum Gasteiger partial charge on any atom is 0.262 e. The van der Waals surface area contributed by atoms with E-state index in [0.29, 0.717) is 44.4 Å². The molecule has 0 saturated heterocycles. The molecule has 1 amide bonds. The fourth-order valence-electron chi connectivity index (χ4n) is 3.23. The Morgan fingerprint density at radius 3 is 2.62 bits per heavy atom. The van der Waals surface area contributed by atoms with Gasteiger partial charge in [0, 0.05) is 10.6 Å². The zero-order valence-corrected chi connectivity index (χ0v) is 19.2. The van der Waals surface area contributed by atoms with Crippen LogP contribution in [0.1, 0.15) is 31.7 Å². The number of ether oxygens (including phenoxy) is 1. The number of hydrogen-bond donors (Lipinski definition) is 1. The molecule has 1 N–H and O–H groups in total. The molecule has 0 aliphatic heterocycles. The second-order valence-electron chi connectivity index (χ2n) is 7.54. The van der Waals surface area contributed by atoms with Crippen LogP contribution < -0.4 is 10.1 Å². The number of amides is 1. The van der Waals surface area contributed by atoms with Gasteiger partial charge in [0.05, 0.1) is 10.7 Å². The van der Waals surface area contributed by atoms with E-state index in [1.165, 1.54) is 5.56 Å². The van der Waals surface area contributed by atoms with Crippen molar-refractivity contribution in [2.45, 2.75) is 26.2 Å². The summed E-state index contributed by atoms with van der Waals surface area (Å²) in [7, 11) is 0. The van der Waals surface area contributed by atoms with Gasteiger partial charge in [-0.2, -0.15) is 0 Å². The summed E-state index contributed by atoms with van der Waals surface area (Å²) in [4.78, 5) is 17.0. The number of hydrogen-bond acceptors (Lipinski definition) is 4. The highest BCUT2D eigenvalue weighted by molar-refractivity contribution is 6.33. The molecule has 32 heavy (non-hydrogen) atoms. The number of fused-ring (bicyclic) bond motifs is 1. The molecule has 0 spiro atoms. The lowest BCUT2D eigenvalue weighted by molar-refractivity contribution is -0.118. The Kier molecular flexibility index (Phi) is 6.68. The van der Waals surface area contributed by atoms with Crippen LogP contribution in [0.3, 0.4) is 0 Å². The van der Waals surface area contributed by atoms with Crippen molar-refractivity contribution in [1.82, 2.24) is 4.98 Å². The van der Waals surface area contributed by atoms with Crippen LogP contribution in [0, 0.1) is 0 Å². The van der Waals surface area contributed by atoms with Crippen molar-refractivity contribution in [3.8, 4) is 17.2 Å².